The van der Waals surface area contributed by atoms with Crippen LogP contribution in [0.15, 0.2) is 18.2 Å². The van der Waals surface area contributed by atoms with Gasteiger partial charge in [-0.25, -0.2) is 0 Å². The third-order valence-electron chi connectivity index (χ3n) is 3.29. The van der Waals surface area contributed by atoms with Crippen LogP contribution in [0.1, 0.15) is 44.4 Å². The summed E-state index contributed by atoms with van der Waals surface area (Å²) in [5.74, 6) is 0.150. The van der Waals surface area contributed by atoms with Crippen molar-refractivity contribution in [2.24, 2.45) is 5.73 Å². The van der Waals surface area contributed by atoms with Gasteiger partial charge < -0.3 is 15.9 Å². The highest BCUT2D eigenvalue weighted by molar-refractivity contribution is 5.40. The van der Waals surface area contributed by atoms with Crippen molar-refractivity contribution in [1.29, 1.82) is 0 Å². The predicted molar refractivity (Wildman–Crippen MR) is 65.4 cm³/mol. The van der Waals surface area contributed by atoms with Gasteiger partial charge >= 0.3 is 0 Å². The number of phenols is 1. The second-order valence-corrected chi connectivity index (χ2v) is 4.80. The van der Waals surface area contributed by atoms with Crippen molar-refractivity contribution < 1.29 is 10.2 Å². The first-order valence-corrected chi connectivity index (χ1v) is 5.62. The van der Waals surface area contributed by atoms with E-state index in [-0.39, 0.29) is 17.8 Å². The second-order valence-electron chi connectivity index (χ2n) is 4.80. The largest absolute Gasteiger partial charge is 0.508 e. The number of rotatable bonds is 4. The first kappa shape index (κ1) is 13.0. The third-order valence-corrected chi connectivity index (χ3v) is 3.29. The molecular weight excluding hydrogens is 202 g/mol. The Morgan fingerprint density at radius 3 is 2.50 bits per heavy atom. The monoisotopic (exact) mass is 223 g/mol. The summed E-state index contributed by atoms with van der Waals surface area (Å²) in [6.07, 6.45) is 1.01. The molecule has 1 aromatic carbocycles. The number of aliphatic hydroxyl groups excluding tert-OH is 1. The highest BCUT2D eigenvalue weighted by Gasteiger charge is 2.20. The summed E-state index contributed by atoms with van der Waals surface area (Å²) >= 11 is 0. The van der Waals surface area contributed by atoms with Crippen molar-refractivity contribution in [3.63, 3.8) is 0 Å². The molecule has 0 aliphatic rings. The summed E-state index contributed by atoms with van der Waals surface area (Å²) in [5, 5.41) is 18.7. The quantitative estimate of drug-likeness (QED) is 0.732. The Kier molecular flexibility index (Phi) is 3.94. The smallest absolute Gasteiger partial charge is 0.120 e. The second kappa shape index (κ2) is 4.85. The van der Waals surface area contributed by atoms with Crippen molar-refractivity contribution in [3.8, 4) is 5.75 Å². The Morgan fingerprint density at radius 2 is 2.00 bits per heavy atom. The molecule has 0 aliphatic carbocycles. The van der Waals surface area contributed by atoms with E-state index in [0.717, 1.165) is 12.0 Å². The third kappa shape index (κ3) is 2.54. The lowest BCUT2D eigenvalue weighted by atomic mass is 9.81. The summed E-state index contributed by atoms with van der Waals surface area (Å²) in [6.45, 7) is 6.25. The maximum atomic E-state index is 9.68. The lowest BCUT2D eigenvalue weighted by Crippen LogP contribution is -2.19. The zero-order chi connectivity index (χ0) is 12.3. The van der Waals surface area contributed by atoms with Gasteiger partial charge in [0.1, 0.15) is 5.75 Å². The first-order chi connectivity index (χ1) is 7.42. The van der Waals surface area contributed by atoms with Gasteiger partial charge in [0.2, 0.25) is 0 Å². The van der Waals surface area contributed by atoms with E-state index in [9.17, 15) is 5.11 Å². The minimum absolute atomic E-state index is 0.0532. The highest BCUT2D eigenvalue weighted by Crippen LogP contribution is 2.32. The molecule has 16 heavy (non-hydrogen) atoms. The standard InChI is InChI=1S/C13H21NO2/c1-4-13(2,3)9-5-6-12(16)10(7-9)11(14)8-15/h5-7,11,15-16H,4,8,14H2,1-3H3/t11-/m0/s1. The molecule has 0 amide bonds. The zero-order valence-corrected chi connectivity index (χ0v) is 10.2. The SMILES string of the molecule is CCC(C)(C)c1ccc(O)c([C@@H](N)CO)c1. The molecule has 0 saturated carbocycles. The van der Waals surface area contributed by atoms with Crippen LogP contribution in [0.3, 0.4) is 0 Å². The van der Waals surface area contributed by atoms with Crippen molar-refractivity contribution in [2.75, 3.05) is 6.61 Å². The van der Waals surface area contributed by atoms with E-state index in [1.165, 1.54) is 0 Å². The number of phenolic OH excluding ortho intramolecular Hbond substituents is 1. The van der Waals surface area contributed by atoms with Crippen LogP contribution in [0.4, 0.5) is 0 Å². The number of hydrogen-bond donors (Lipinski definition) is 3. The molecule has 0 aliphatic heterocycles. The van der Waals surface area contributed by atoms with Crippen molar-refractivity contribution in [1.82, 2.24) is 0 Å². The number of nitrogens with two attached hydrogens (primary N) is 1. The fourth-order valence-corrected chi connectivity index (χ4v) is 1.57. The van der Waals surface area contributed by atoms with Gasteiger partial charge in [-0.2, -0.15) is 0 Å². The van der Waals surface area contributed by atoms with Gasteiger partial charge in [0.15, 0.2) is 0 Å². The van der Waals surface area contributed by atoms with Gasteiger partial charge in [-0.15, -0.1) is 0 Å². The van der Waals surface area contributed by atoms with Crippen molar-refractivity contribution >= 4 is 0 Å². The Bertz CT molecular complexity index is 361. The van der Waals surface area contributed by atoms with E-state index in [1.807, 2.05) is 12.1 Å². The summed E-state index contributed by atoms with van der Waals surface area (Å²) in [5.41, 5.74) is 7.54. The van der Waals surface area contributed by atoms with E-state index < -0.39 is 6.04 Å². The fourth-order valence-electron chi connectivity index (χ4n) is 1.57. The van der Waals surface area contributed by atoms with Crippen LogP contribution in [0.2, 0.25) is 0 Å². The van der Waals surface area contributed by atoms with Crippen LogP contribution in [0, 0.1) is 0 Å². The molecule has 0 bridgehead atoms. The number of benzene rings is 1. The molecule has 1 rings (SSSR count). The highest BCUT2D eigenvalue weighted by atomic mass is 16.3. The molecule has 0 radical (unpaired) electrons. The average Bonchev–Trinajstić information content (AvgIpc) is 2.28. The van der Waals surface area contributed by atoms with E-state index in [4.69, 9.17) is 10.8 Å². The number of aliphatic hydroxyl groups is 1. The molecule has 0 heterocycles. The molecule has 0 aromatic heterocycles. The Hall–Kier alpha value is -1.06. The molecule has 90 valence electrons. The summed E-state index contributed by atoms with van der Waals surface area (Å²) in [6, 6.07) is 4.93. The van der Waals surface area contributed by atoms with Crippen LogP contribution in [0.5, 0.6) is 5.75 Å². The van der Waals surface area contributed by atoms with Crippen LogP contribution in [-0.4, -0.2) is 16.8 Å². The van der Waals surface area contributed by atoms with Gasteiger partial charge in [-0.1, -0.05) is 26.8 Å². The molecule has 3 heteroatoms. The summed E-state index contributed by atoms with van der Waals surface area (Å²) in [7, 11) is 0. The first-order valence-electron chi connectivity index (χ1n) is 5.62. The molecule has 1 aromatic rings. The molecular formula is C13H21NO2. The average molecular weight is 223 g/mol. The van der Waals surface area contributed by atoms with Crippen LogP contribution in [-0.2, 0) is 5.41 Å². The Morgan fingerprint density at radius 1 is 1.38 bits per heavy atom. The van der Waals surface area contributed by atoms with E-state index >= 15 is 0 Å². The Labute approximate surface area is 96.9 Å². The van der Waals surface area contributed by atoms with E-state index in [1.54, 1.807) is 6.07 Å². The topological polar surface area (TPSA) is 66.5 Å². The summed E-state index contributed by atoms with van der Waals surface area (Å²) in [4.78, 5) is 0. The molecule has 0 spiro atoms. The fraction of sp³-hybridized carbons (Fsp3) is 0.538. The van der Waals surface area contributed by atoms with Crippen molar-refractivity contribution in [2.45, 2.75) is 38.6 Å². The number of hydrogen-bond acceptors (Lipinski definition) is 3. The van der Waals surface area contributed by atoms with Gasteiger partial charge in [-0.3, -0.25) is 0 Å². The summed E-state index contributed by atoms with van der Waals surface area (Å²) < 4.78 is 0. The molecule has 4 N–H and O–H groups in total. The van der Waals surface area contributed by atoms with Gasteiger partial charge in [0.25, 0.3) is 0 Å². The lowest BCUT2D eigenvalue weighted by Gasteiger charge is -2.25. The van der Waals surface area contributed by atoms with Gasteiger partial charge in [0.05, 0.1) is 12.6 Å². The van der Waals surface area contributed by atoms with Crippen LogP contribution >= 0.6 is 0 Å². The number of aromatic hydroxyl groups is 1. The zero-order valence-electron chi connectivity index (χ0n) is 10.2. The molecule has 1 atom stereocenters. The molecule has 0 unspecified atom stereocenters. The lowest BCUT2D eigenvalue weighted by molar-refractivity contribution is 0.265. The Balaban J connectivity index is 3.17. The van der Waals surface area contributed by atoms with E-state index in [0.29, 0.717) is 5.56 Å². The normalized spacial score (nSPS) is 13.8. The van der Waals surface area contributed by atoms with E-state index in [2.05, 4.69) is 20.8 Å². The molecule has 0 fully saturated rings. The van der Waals surface area contributed by atoms with Gasteiger partial charge in [-0.05, 0) is 29.5 Å². The molecule has 0 saturated heterocycles. The van der Waals surface area contributed by atoms with Crippen molar-refractivity contribution in [3.05, 3.63) is 29.3 Å². The predicted octanol–water partition coefficient (Wildman–Crippen LogP) is 2.07. The maximum absolute atomic E-state index is 9.68. The maximum Gasteiger partial charge on any atom is 0.120 e. The minimum atomic E-state index is -0.521. The van der Waals surface area contributed by atoms with Gasteiger partial charge in [0, 0.05) is 5.56 Å². The van der Waals surface area contributed by atoms with Crippen LogP contribution < -0.4 is 5.73 Å². The van der Waals surface area contributed by atoms with Crippen LogP contribution in [0.25, 0.3) is 0 Å². The minimum Gasteiger partial charge on any atom is -0.508 e. The molecule has 3 nitrogen and oxygen atoms in total.